The zero-order valence-electron chi connectivity index (χ0n) is 12.4. The predicted molar refractivity (Wildman–Crippen MR) is 83.2 cm³/mol. The fourth-order valence-electron chi connectivity index (χ4n) is 2.36. The van der Waals surface area contributed by atoms with E-state index in [1.807, 2.05) is 32.0 Å². The van der Waals surface area contributed by atoms with Crippen LogP contribution in [0.15, 0.2) is 22.6 Å². The molecule has 0 radical (unpaired) electrons. The Hall–Kier alpha value is -1.42. The van der Waals surface area contributed by atoms with Crippen molar-refractivity contribution in [3.63, 3.8) is 0 Å². The molecule has 2 rings (SSSR count). The Morgan fingerprint density at radius 1 is 1.00 bits per heavy atom. The van der Waals surface area contributed by atoms with E-state index in [4.69, 9.17) is 13.9 Å². The minimum absolute atomic E-state index is 0.0692. The van der Waals surface area contributed by atoms with Crippen molar-refractivity contribution >= 4 is 15.9 Å². The van der Waals surface area contributed by atoms with Gasteiger partial charge in [-0.2, -0.15) is 0 Å². The van der Waals surface area contributed by atoms with E-state index in [9.17, 15) is 0 Å². The SMILES string of the molecule is COc1ccc(C(Br)c2c(C)oc(C)c2C)cc1OC. The van der Waals surface area contributed by atoms with Gasteiger partial charge < -0.3 is 13.9 Å². The van der Waals surface area contributed by atoms with Gasteiger partial charge in [0.1, 0.15) is 11.5 Å². The lowest BCUT2D eigenvalue weighted by Gasteiger charge is -2.14. The molecule has 0 fully saturated rings. The monoisotopic (exact) mass is 338 g/mol. The minimum Gasteiger partial charge on any atom is -0.493 e. The second kappa shape index (κ2) is 5.92. The molecular weight excluding hydrogens is 320 g/mol. The topological polar surface area (TPSA) is 31.6 Å². The molecule has 0 aliphatic carbocycles. The van der Waals surface area contributed by atoms with Crippen LogP contribution in [0, 0.1) is 20.8 Å². The Morgan fingerprint density at radius 3 is 2.15 bits per heavy atom. The maximum Gasteiger partial charge on any atom is 0.161 e. The molecule has 1 aromatic carbocycles. The van der Waals surface area contributed by atoms with Gasteiger partial charge in [-0.15, -0.1) is 0 Å². The first-order valence-electron chi connectivity index (χ1n) is 6.42. The van der Waals surface area contributed by atoms with Crippen LogP contribution in [0.3, 0.4) is 0 Å². The molecule has 0 saturated heterocycles. The van der Waals surface area contributed by atoms with E-state index in [1.54, 1.807) is 14.2 Å². The van der Waals surface area contributed by atoms with E-state index in [1.165, 1.54) is 11.1 Å². The number of halogens is 1. The molecule has 0 amide bonds. The van der Waals surface area contributed by atoms with Crippen molar-refractivity contribution in [1.29, 1.82) is 0 Å². The second-order valence-electron chi connectivity index (χ2n) is 4.73. The van der Waals surface area contributed by atoms with Crippen molar-refractivity contribution in [3.05, 3.63) is 46.4 Å². The third kappa shape index (κ3) is 2.57. The maximum atomic E-state index is 5.70. The Balaban J connectivity index is 2.45. The summed E-state index contributed by atoms with van der Waals surface area (Å²) in [5, 5.41) is 0. The van der Waals surface area contributed by atoms with Crippen LogP contribution in [0.25, 0.3) is 0 Å². The Labute approximate surface area is 128 Å². The van der Waals surface area contributed by atoms with E-state index >= 15 is 0 Å². The highest BCUT2D eigenvalue weighted by Crippen LogP contribution is 2.40. The van der Waals surface area contributed by atoms with Crippen molar-refractivity contribution in [2.45, 2.75) is 25.6 Å². The molecule has 1 unspecified atom stereocenters. The predicted octanol–water partition coefficient (Wildman–Crippen LogP) is 4.71. The molecule has 108 valence electrons. The van der Waals surface area contributed by atoms with Crippen molar-refractivity contribution in [2.24, 2.45) is 0 Å². The molecule has 0 spiro atoms. The molecule has 1 atom stereocenters. The van der Waals surface area contributed by atoms with E-state index in [-0.39, 0.29) is 4.83 Å². The lowest BCUT2D eigenvalue weighted by molar-refractivity contribution is 0.354. The quantitative estimate of drug-likeness (QED) is 0.756. The number of benzene rings is 1. The van der Waals surface area contributed by atoms with Crippen LogP contribution in [0.2, 0.25) is 0 Å². The highest BCUT2D eigenvalue weighted by molar-refractivity contribution is 9.09. The third-order valence-corrected chi connectivity index (χ3v) is 4.56. The first kappa shape index (κ1) is 15.0. The van der Waals surface area contributed by atoms with Crippen LogP contribution < -0.4 is 9.47 Å². The number of ether oxygens (including phenoxy) is 2. The van der Waals surface area contributed by atoms with Gasteiger partial charge in [0.15, 0.2) is 11.5 Å². The first-order chi connectivity index (χ1) is 9.49. The molecular formula is C16H19BrO3. The standard InChI is InChI=1S/C16H19BrO3/c1-9-10(2)20-11(3)15(9)16(17)12-6-7-13(18-4)14(8-12)19-5/h6-8,16H,1-5H3. The van der Waals surface area contributed by atoms with Crippen LogP contribution in [-0.2, 0) is 0 Å². The summed E-state index contributed by atoms with van der Waals surface area (Å²) >= 11 is 3.76. The zero-order chi connectivity index (χ0) is 14.9. The van der Waals surface area contributed by atoms with Gasteiger partial charge in [-0.05, 0) is 44.0 Å². The largest absolute Gasteiger partial charge is 0.493 e. The number of alkyl halides is 1. The number of furan rings is 1. The van der Waals surface area contributed by atoms with Crippen LogP contribution in [0.5, 0.6) is 11.5 Å². The van der Waals surface area contributed by atoms with E-state index < -0.39 is 0 Å². The molecule has 0 saturated carbocycles. The smallest absolute Gasteiger partial charge is 0.161 e. The average molecular weight is 339 g/mol. The second-order valence-corrected chi connectivity index (χ2v) is 5.65. The highest BCUT2D eigenvalue weighted by atomic mass is 79.9. The molecule has 1 aromatic heterocycles. The Morgan fingerprint density at radius 2 is 1.65 bits per heavy atom. The summed E-state index contributed by atoms with van der Waals surface area (Å²) in [7, 11) is 3.28. The molecule has 0 aliphatic heterocycles. The molecule has 3 nitrogen and oxygen atoms in total. The third-order valence-electron chi connectivity index (χ3n) is 3.57. The van der Waals surface area contributed by atoms with Crippen molar-refractivity contribution in [2.75, 3.05) is 14.2 Å². The van der Waals surface area contributed by atoms with Gasteiger partial charge in [0.25, 0.3) is 0 Å². The summed E-state index contributed by atoms with van der Waals surface area (Å²) in [5.74, 6) is 3.36. The van der Waals surface area contributed by atoms with Gasteiger partial charge in [-0.25, -0.2) is 0 Å². The number of hydrogen-bond donors (Lipinski definition) is 0. The van der Waals surface area contributed by atoms with Gasteiger partial charge in [-0.3, -0.25) is 0 Å². The number of rotatable bonds is 4. The molecule has 0 N–H and O–H groups in total. The van der Waals surface area contributed by atoms with Gasteiger partial charge in [0, 0.05) is 5.56 Å². The van der Waals surface area contributed by atoms with Crippen molar-refractivity contribution in [1.82, 2.24) is 0 Å². The summed E-state index contributed by atoms with van der Waals surface area (Å²) in [6.45, 7) is 6.06. The fourth-order valence-corrected chi connectivity index (χ4v) is 3.31. The van der Waals surface area contributed by atoms with Crippen LogP contribution in [-0.4, -0.2) is 14.2 Å². The molecule has 4 heteroatoms. The van der Waals surface area contributed by atoms with E-state index in [2.05, 4.69) is 22.9 Å². The number of hydrogen-bond acceptors (Lipinski definition) is 3. The molecule has 2 aromatic rings. The average Bonchev–Trinajstić information content (AvgIpc) is 2.70. The molecule has 20 heavy (non-hydrogen) atoms. The van der Waals surface area contributed by atoms with Crippen LogP contribution in [0.1, 0.15) is 33.0 Å². The lowest BCUT2D eigenvalue weighted by atomic mass is 10.0. The highest BCUT2D eigenvalue weighted by Gasteiger charge is 2.21. The lowest BCUT2D eigenvalue weighted by Crippen LogP contribution is -1.98. The minimum atomic E-state index is 0.0692. The van der Waals surface area contributed by atoms with Gasteiger partial charge in [0.2, 0.25) is 0 Å². The first-order valence-corrected chi connectivity index (χ1v) is 7.33. The maximum absolute atomic E-state index is 5.70. The van der Waals surface area contributed by atoms with Gasteiger partial charge in [0.05, 0.1) is 19.0 Å². The van der Waals surface area contributed by atoms with E-state index in [0.29, 0.717) is 0 Å². The van der Waals surface area contributed by atoms with Crippen molar-refractivity contribution in [3.8, 4) is 11.5 Å². The molecule has 1 heterocycles. The zero-order valence-corrected chi connectivity index (χ0v) is 14.0. The summed E-state index contributed by atoms with van der Waals surface area (Å²) in [6, 6.07) is 5.93. The summed E-state index contributed by atoms with van der Waals surface area (Å²) in [6.07, 6.45) is 0. The van der Waals surface area contributed by atoms with Crippen molar-refractivity contribution < 1.29 is 13.9 Å². The van der Waals surface area contributed by atoms with Crippen LogP contribution in [0.4, 0.5) is 0 Å². The van der Waals surface area contributed by atoms with Gasteiger partial charge in [-0.1, -0.05) is 22.0 Å². The van der Waals surface area contributed by atoms with Gasteiger partial charge >= 0.3 is 0 Å². The molecule has 0 aliphatic rings. The number of aryl methyl sites for hydroxylation is 2. The Kier molecular flexibility index (Phi) is 4.43. The summed E-state index contributed by atoms with van der Waals surface area (Å²) < 4.78 is 16.3. The normalized spacial score (nSPS) is 12.3. The number of methoxy groups -OCH3 is 2. The molecule has 0 bridgehead atoms. The van der Waals surface area contributed by atoms with Crippen LogP contribution >= 0.6 is 15.9 Å². The fraction of sp³-hybridized carbons (Fsp3) is 0.375. The summed E-state index contributed by atoms with van der Waals surface area (Å²) in [4.78, 5) is 0.0692. The Bertz CT molecular complexity index is 616. The van der Waals surface area contributed by atoms with E-state index in [0.717, 1.165) is 28.6 Å². The summed E-state index contributed by atoms with van der Waals surface area (Å²) in [5.41, 5.74) is 3.46.